The summed E-state index contributed by atoms with van der Waals surface area (Å²) in [7, 11) is 0. The monoisotopic (exact) mass is 441 g/mol. The fourth-order valence-corrected chi connectivity index (χ4v) is 4.35. The number of esters is 1. The van der Waals surface area contributed by atoms with Crippen LogP contribution in [0.4, 0.5) is 5.69 Å². The van der Waals surface area contributed by atoms with Crippen molar-refractivity contribution < 1.29 is 19.1 Å². The lowest BCUT2D eigenvalue weighted by Crippen LogP contribution is -2.28. The van der Waals surface area contributed by atoms with Crippen molar-refractivity contribution in [3.63, 3.8) is 0 Å². The topological polar surface area (TPSA) is 97.4 Å². The van der Waals surface area contributed by atoms with Crippen LogP contribution in [0, 0.1) is 0 Å². The summed E-state index contributed by atoms with van der Waals surface area (Å²) < 4.78 is 5.07. The van der Waals surface area contributed by atoms with Gasteiger partial charge < -0.3 is 15.4 Å². The van der Waals surface area contributed by atoms with Crippen molar-refractivity contribution in [2.24, 2.45) is 0 Å². The molecule has 0 atom stereocenters. The van der Waals surface area contributed by atoms with Gasteiger partial charge in [0.25, 0.3) is 11.8 Å². The molecule has 0 bridgehead atoms. The summed E-state index contributed by atoms with van der Waals surface area (Å²) >= 11 is 3.05. The molecule has 0 saturated heterocycles. The van der Waals surface area contributed by atoms with E-state index in [9.17, 15) is 14.4 Å². The van der Waals surface area contributed by atoms with Gasteiger partial charge in [0.05, 0.1) is 28.2 Å². The van der Waals surface area contributed by atoms with E-state index >= 15 is 0 Å². The van der Waals surface area contributed by atoms with Crippen LogP contribution < -0.4 is 10.6 Å². The Morgan fingerprint density at radius 3 is 2.70 bits per heavy atom. The SMILES string of the molecule is O=C(COC(=O)Cc1csc(-c2cccs2)n1)Nc1ccccc1C(=O)NC1CC1. The van der Waals surface area contributed by atoms with E-state index in [0.29, 0.717) is 16.9 Å². The Bertz CT molecular complexity index is 1060. The van der Waals surface area contributed by atoms with Crippen molar-refractivity contribution >= 4 is 46.1 Å². The Hall–Kier alpha value is -3.04. The molecular weight excluding hydrogens is 422 g/mol. The maximum absolute atomic E-state index is 12.3. The first-order valence-electron chi connectivity index (χ1n) is 9.42. The zero-order valence-corrected chi connectivity index (χ0v) is 17.6. The fraction of sp³-hybridized carbons (Fsp3) is 0.238. The van der Waals surface area contributed by atoms with Crippen LogP contribution in [0.5, 0.6) is 0 Å². The van der Waals surface area contributed by atoms with Crippen LogP contribution in [0.2, 0.25) is 0 Å². The average Bonchev–Trinajstić information content (AvgIpc) is 3.19. The highest BCUT2D eigenvalue weighted by Gasteiger charge is 2.25. The number of para-hydroxylation sites is 1. The number of hydrogen-bond donors (Lipinski definition) is 2. The van der Waals surface area contributed by atoms with E-state index in [2.05, 4.69) is 15.6 Å². The normalized spacial score (nSPS) is 12.9. The highest BCUT2D eigenvalue weighted by atomic mass is 32.1. The van der Waals surface area contributed by atoms with E-state index < -0.39 is 18.5 Å². The molecule has 1 fully saturated rings. The first kappa shape index (κ1) is 20.2. The van der Waals surface area contributed by atoms with Crippen LogP contribution in [0.1, 0.15) is 28.9 Å². The molecule has 1 aliphatic rings. The van der Waals surface area contributed by atoms with Gasteiger partial charge in [-0.25, -0.2) is 4.98 Å². The first-order chi connectivity index (χ1) is 14.6. The van der Waals surface area contributed by atoms with Crippen molar-refractivity contribution in [3.8, 4) is 9.88 Å². The van der Waals surface area contributed by atoms with Gasteiger partial charge in [0.1, 0.15) is 5.01 Å². The summed E-state index contributed by atoms with van der Waals surface area (Å²) in [4.78, 5) is 42.1. The Morgan fingerprint density at radius 2 is 1.93 bits per heavy atom. The van der Waals surface area contributed by atoms with Crippen LogP contribution in [0.25, 0.3) is 9.88 Å². The van der Waals surface area contributed by atoms with E-state index in [1.54, 1.807) is 35.6 Å². The number of carbonyl (C=O) groups excluding carboxylic acids is 3. The molecule has 1 saturated carbocycles. The Balaban J connectivity index is 1.28. The number of ether oxygens (including phenoxy) is 1. The molecule has 0 unspecified atom stereocenters. The third-order valence-corrected chi connectivity index (χ3v) is 6.26. The standard InChI is InChI=1S/C21H19N3O4S2/c25-18(24-16-5-2-1-4-15(16)20(27)22-13-7-8-13)11-28-19(26)10-14-12-30-21(23-14)17-6-3-9-29-17/h1-6,9,12-13H,7-8,10-11H2,(H,22,27)(H,24,25). The molecule has 4 rings (SSSR count). The van der Waals surface area contributed by atoms with Gasteiger partial charge in [0.2, 0.25) is 0 Å². The van der Waals surface area contributed by atoms with E-state index in [-0.39, 0.29) is 18.4 Å². The molecule has 2 N–H and O–H groups in total. The van der Waals surface area contributed by atoms with Crippen LogP contribution in [0.3, 0.4) is 0 Å². The third-order valence-electron chi connectivity index (χ3n) is 4.33. The average molecular weight is 442 g/mol. The number of anilines is 1. The van der Waals surface area contributed by atoms with Gasteiger partial charge in [-0.1, -0.05) is 18.2 Å². The molecule has 2 amide bonds. The smallest absolute Gasteiger partial charge is 0.312 e. The van der Waals surface area contributed by atoms with Crippen molar-refractivity contribution in [1.29, 1.82) is 0 Å². The number of aromatic nitrogens is 1. The Morgan fingerprint density at radius 1 is 1.10 bits per heavy atom. The minimum absolute atomic E-state index is 0.00443. The third kappa shape index (κ3) is 5.31. The van der Waals surface area contributed by atoms with Gasteiger partial charge in [0, 0.05) is 11.4 Å². The summed E-state index contributed by atoms with van der Waals surface area (Å²) in [5.41, 5.74) is 1.38. The second-order valence-electron chi connectivity index (χ2n) is 6.80. The quantitative estimate of drug-likeness (QED) is 0.522. The van der Waals surface area contributed by atoms with Crippen molar-refractivity contribution in [2.75, 3.05) is 11.9 Å². The molecule has 30 heavy (non-hydrogen) atoms. The Kier molecular flexibility index (Phi) is 6.20. The number of nitrogens with zero attached hydrogens (tertiary/aromatic N) is 1. The van der Waals surface area contributed by atoms with Gasteiger partial charge in [-0.15, -0.1) is 22.7 Å². The van der Waals surface area contributed by atoms with Gasteiger partial charge in [-0.2, -0.15) is 0 Å². The number of thiophene rings is 1. The minimum Gasteiger partial charge on any atom is -0.455 e. The summed E-state index contributed by atoms with van der Waals surface area (Å²) in [6, 6.07) is 10.9. The second-order valence-corrected chi connectivity index (χ2v) is 8.61. The minimum atomic E-state index is -0.534. The zero-order chi connectivity index (χ0) is 20.9. The number of amides is 2. The molecule has 154 valence electrons. The highest BCUT2D eigenvalue weighted by molar-refractivity contribution is 7.20. The van der Waals surface area contributed by atoms with E-state index in [1.165, 1.54) is 11.3 Å². The van der Waals surface area contributed by atoms with E-state index in [1.807, 2.05) is 22.9 Å². The largest absolute Gasteiger partial charge is 0.455 e. The van der Waals surface area contributed by atoms with Crippen LogP contribution in [-0.2, 0) is 20.7 Å². The van der Waals surface area contributed by atoms with Crippen LogP contribution in [0.15, 0.2) is 47.2 Å². The number of carbonyl (C=O) groups is 3. The van der Waals surface area contributed by atoms with Gasteiger partial charge in [-0.3, -0.25) is 14.4 Å². The maximum Gasteiger partial charge on any atom is 0.312 e. The molecule has 1 aromatic carbocycles. The van der Waals surface area contributed by atoms with Gasteiger partial charge >= 0.3 is 5.97 Å². The summed E-state index contributed by atoms with van der Waals surface area (Å²) in [6.45, 7) is -0.431. The lowest BCUT2D eigenvalue weighted by molar-refractivity contribution is -0.146. The number of nitrogens with one attached hydrogen (secondary N) is 2. The molecule has 0 aliphatic heterocycles. The lowest BCUT2D eigenvalue weighted by Gasteiger charge is -2.11. The predicted molar refractivity (Wildman–Crippen MR) is 116 cm³/mol. The van der Waals surface area contributed by atoms with Crippen molar-refractivity contribution in [2.45, 2.75) is 25.3 Å². The lowest BCUT2D eigenvalue weighted by atomic mass is 10.1. The fourth-order valence-electron chi connectivity index (χ4n) is 2.71. The number of thiazole rings is 1. The highest BCUT2D eigenvalue weighted by Crippen LogP contribution is 2.28. The van der Waals surface area contributed by atoms with Gasteiger partial charge in [-0.05, 0) is 36.4 Å². The molecule has 2 aromatic heterocycles. The number of hydrogen-bond acceptors (Lipinski definition) is 7. The predicted octanol–water partition coefficient (Wildman–Crippen LogP) is 3.49. The molecule has 9 heteroatoms. The van der Waals surface area contributed by atoms with Crippen molar-refractivity contribution in [3.05, 3.63) is 58.4 Å². The number of rotatable bonds is 8. The van der Waals surface area contributed by atoms with E-state index in [0.717, 1.165) is 22.7 Å². The van der Waals surface area contributed by atoms with Crippen LogP contribution in [-0.4, -0.2) is 35.4 Å². The summed E-state index contributed by atoms with van der Waals surface area (Å²) in [5.74, 6) is -1.27. The molecular formula is C21H19N3O4S2. The first-order valence-corrected chi connectivity index (χ1v) is 11.2. The van der Waals surface area contributed by atoms with Gasteiger partial charge in [0.15, 0.2) is 6.61 Å². The van der Waals surface area contributed by atoms with Crippen molar-refractivity contribution in [1.82, 2.24) is 10.3 Å². The molecule has 7 nitrogen and oxygen atoms in total. The molecule has 1 aliphatic carbocycles. The number of benzene rings is 1. The summed E-state index contributed by atoms with van der Waals surface area (Å²) in [5, 5.41) is 10.2. The zero-order valence-electron chi connectivity index (χ0n) is 15.9. The van der Waals surface area contributed by atoms with E-state index in [4.69, 9.17) is 4.74 Å². The molecule has 0 spiro atoms. The second kappa shape index (κ2) is 9.19. The molecule has 3 aromatic rings. The Labute approximate surface area is 181 Å². The maximum atomic E-state index is 12.3. The molecule has 0 radical (unpaired) electrons. The molecule has 2 heterocycles. The van der Waals surface area contributed by atoms with Crippen LogP contribution >= 0.6 is 22.7 Å². The summed E-state index contributed by atoms with van der Waals surface area (Å²) in [6.07, 6.45) is 1.95.